The van der Waals surface area contributed by atoms with Crippen LogP contribution >= 0.6 is 69.8 Å². The van der Waals surface area contributed by atoms with Crippen LogP contribution in [-0.2, 0) is 4.87 Å². The topological polar surface area (TPSA) is 67.5 Å². The molecule has 0 radical (unpaired) electrons. The van der Waals surface area contributed by atoms with E-state index < -0.39 is 10.9 Å². The van der Waals surface area contributed by atoms with Crippen molar-refractivity contribution in [3.8, 4) is 0 Å². The Balaban J connectivity index is 2.20. The Kier molecular flexibility index (Phi) is 6.41. The van der Waals surface area contributed by atoms with Crippen LogP contribution in [-0.4, -0.2) is 18.0 Å². The molecule has 1 aliphatic heterocycles. The minimum atomic E-state index is -1.08. The van der Waals surface area contributed by atoms with Crippen molar-refractivity contribution in [2.45, 2.75) is 9.77 Å². The van der Waals surface area contributed by atoms with E-state index in [-0.39, 0.29) is 5.92 Å². The molecule has 2 amide bonds. The number of urea groups is 1. The Labute approximate surface area is 185 Å². The van der Waals surface area contributed by atoms with E-state index in [9.17, 15) is 4.79 Å². The summed E-state index contributed by atoms with van der Waals surface area (Å²) in [4.78, 5) is 10.7. The summed E-state index contributed by atoms with van der Waals surface area (Å²) in [5.74, 6) is 0.234. The fourth-order valence-electron chi connectivity index (χ4n) is 2.89. The molecule has 2 unspecified atom stereocenters. The minimum Gasteiger partial charge on any atom is -0.350 e. The molecule has 0 saturated carbocycles. The Morgan fingerprint density at radius 2 is 1.93 bits per heavy atom. The molecular formula is C17H12Cl5N3OS. The monoisotopic (exact) mass is 481 g/mol. The van der Waals surface area contributed by atoms with E-state index in [2.05, 4.69) is 10.5 Å². The van der Waals surface area contributed by atoms with Crippen LogP contribution in [0.2, 0.25) is 20.1 Å². The number of halogens is 5. The molecule has 0 fully saturated rings. The van der Waals surface area contributed by atoms with Crippen molar-refractivity contribution < 1.29 is 4.79 Å². The summed E-state index contributed by atoms with van der Waals surface area (Å²) in [6, 6.07) is 7.84. The maximum absolute atomic E-state index is 10.9. The molecule has 2 atom stereocenters. The highest BCUT2D eigenvalue weighted by Gasteiger charge is 2.45. The van der Waals surface area contributed by atoms with E-state index in [0.29, 0.717) is 31.4 Å². The first-order valence-electron chi connectivity index (χ1n) is 7.59. The van der Waals surface area contributed by atoms with Gasteiger partial charge >= 0.3 is 6.03 Å². The third-order valence-electron chi connectivity index (χ3n) is 4.09. The molecule has 1 aliphatic rings. The molecule has 10 heteroatoms. The number of benzene rings is 2. The summed E-state index contributed by atoms with van der Waals surface area (Å²) in [5.41, 5.74) is 8.69. The largest absolute Gasteiger partial charge is 0.350 e. The van der Waals surface area contributed by atoms with E-state index in [1.807, 2.05) is 0 Å². The standard InChI is InChI=1S/C17H12Cl5N3OS/c18-10-4-11-15(14(21)5-10)27-7-9(6-24-25-16(23)26)17(11,22)8-1-2-12(19)13(20)3-8/h1-6,9H,7H2,(H3,23,25,26). The van der Waals surface area contributed by atoms with Gasteiger partial charge in [-0.15, -0.1) is 23.4 Å². The second-order valence-electron chi connectivity index (χ2n) is 5.78. The van der Waals surface area contributed by atoms with Gasteiger partial charge in [0, 0.05) is 27.8 Å². The number of thioether (sulfide) groups is 1. The number of hydrogen-bond donors (Lipinski definition) is 2. The summed E-state index contributed by atoms with van der Waals surface area (Å²) in [6.45, 7) is 0. The number of fused-ring (bicyclic) bond motifs is 1. The van der Waals surface area contributed by atoms with E-state index >= 15 is 0 Å². The van der Waals surface area contributed by atoms with Crippen LogP contribution in [0.4, 0.5) is 4.79 Å². The molecule has 2 aromatic carbocycles. The van der Waals surface area contributed by atoms with Crippen molar-refractivity contribution in [2.24, 2.45) is 16.8 Å². The highest BCUT2D eigenvalue weighted by atomic mass is 35.5. The smallest absolute Gasteiger partial charge is 0.332 e. The first kappa shape index (κ1) is 20.9. The predicted molar refractivity (Wildman–Crippen MR) is 115 cm³/mol. The molecule has 27 heavy (non-hydrogen) atoms. The van der Waals surface area contributed by atoms with Crippen LogP contribution < -0.4 is 11.2 Å². The van der Waals surface area contributed by atoms with Crippen LogP contribution in [0, 0.1) is 5.92 Å². The zero-order valence-corrected chi connectivity index (χ0v) is 18.1. The molecule has 4 nitrogen and oxygen atoms in total. The number of amides is 2. The second kappa shape index (κ2) is 8.27. The summed E-state index contributed by atoms with van der Waals surface area (Å²) in [6.07, 6.45) is 1.55. The maximum atomic E-state index is 10.9. The minimum absolute atomic E-state index is 0.324. The van der Waals surface area contributed by atoms with Gasteiger partial charge in [0.1, 0.15) is 4.87 Å². The molecule has 0 saturated heterocycles. The van der Waals surface area contributed by atoms with Crippen molar-refractivity contribution in [1.82, 2.24) is 5.43 Å². The highest BCUT2D eigenvalue weighted by Crippen LogP contribution is 2.54. The zero-order chi connectivity index (χ0) is 19.8. The fraction of sp³-hybridized carbons (Fsp3) is 0.176. The predicted octanol–water partition coefficient (Wildman–Crippen LogP) is 6.16. The van der Waals surface area contributed by atoms with Crippen LogP contribution in [0.5, 0.6) is 0 Å². The van der Waals surface area contributed by atoms with E-state index in [1.54, 1.807) is 36.5 Å². The lowest BCUT2D eigenvalue weighted by atomic mass is 9.80. The van der Waals surface area contributed by atoms with Crippen LogP contribution in [0.3, 0.4) is 0 Å². The third kappa shape index (κ3) is 4.14. The quantitative estimate of drug-likeness (QED) is 0.312. The summed E-state index contributed by atoms with van der Waals surface area (Å²) < 4.78 is 0. The van der Waals surface area contributed by atoms with E-state index in [0.717, 1.165) is 10.5 Å². The molecule has 1 heterocycles. The highest BCUT2D eigenvalue weighted by molar-refractivity contribution is 7.99. The number of carbonyl (C=O) groups excluding carboxylic acids is 1. The van der Waals surface area contributed by atoms with Gasteiger partial charge in [-0.2, -0.15) is 5.10 Å². The third-order valence-corrected chi connectivity index (χ3v) is 7.41. The number of rotatable bonds is 3. The van der Waals surface area contributed by atoms with Crippen molar-refractivity contribution in [1.29, 1.82) is 0 Å². The average molecular weight is 484 g/mol. The first-order chi connectivity index (χ1) is 12.7. The molecule has 2 aromatic rings. The molecule has 0 bridgehead atoms. The van der Waals surface area contributed by atoms with Crippen molar-refractivity contribution >= 4 is 82.0 Å². The van der Waals surface area contributed by atoms with Gasteiger partial charge in [0.05, 0.1) is 15.1 Å². The van der Waals surface area contributed by atoms with Crippen LogP contribution in [0.25, 0.3) is 0 Å². The Morgan fingerprint density at radius 1 is 1.19 bits per heavy atom. The van der Waals surface area contributed by atoms with E-state index in [1.165, 1.54) is 11.8 Å². The van der Waals surface area contributed by atoms with E-state index in [4.69, 9.17) is 63.7 Å². The van der Waals surface area contributed by atoms with Crippen LogP contribution in [0.15, 0.2) is 40.3 Å². The number of hydrazone groups is 1. The number of carbonyl (C=O) groups is 1. The van der Waals surface area contributed by atoms with Crippen LogP contribution in [0.1, 0.15) is 11.1 Å². The molecule has 0 aromatic heterocycles. The van der Waals surface area contributed by atoms with Gasteiger partial charge in [-0.1, -0.05) is 52.5 Å². The molecular weight excluding hydrogens is 472 g/mol. The Morgan fingerprint density at radius 3 is 2.59 bits per heavy atom. The zero-order valence-electron chi connectivity index (χ0n) is 13.5. The van der Waals surface area contributed by atoms with Gasteiger partial charge in [0.25, 0.3) is 0 Å². The summed E-state index contributed by atoms with van der Waals surface area (Å²) >= 11 is 33.7. The molecule has 0 aliphatic carbocycles. The van der Waals surface area contributed by atoms with Crippen molar-refractivity contribution in [2.75, 3.05) is 5.75 Å². The SMILES string of the molecule is NC(=O)NN=CC1CSc2c(Cl)cc(Cl)cc2C1(Cl)c1ccc(Cl)c(Cl)c1. The second-order valence-corrected chi connectivity index (χ2v) is 9.06. The fourth-order valence-corrected chi connectivity index (χ4v) is 5.65. The average Bonchev–Trinajstić information content (AvgIpc) is 2.59. The molecule has 0 spiro atoms. The summed E-state index contributed by atoms with van der Waals surface area (Å²) in [5, 5.41) is 5.65. The summed E-state index contributed by atoms with van der Waals surface area (Å²) in [7, 11) is 0. The first-order valence-corrected chi connectivity index (χ1v) is 10.5. The lowest BCUT2D eigenvalue weighted by Crippen LogP contribution is -2.38. The van der Waals surface area contributed by atoms with Gasteiger partial charge in [-0.3, -0.25) is 0 Å². The van der Waals surface area contributed by atoms with Gasteiger partial charge in [-0.05, 0) is 35.4 Å². The lowest BCUT2D eigenvalue weighted by molar-refractivity contribution is 0.249. The van der Waals surface area contributed by atoms with Gasteiger partial charge in [0.2, 0.25) is 0 Å². The normalized spacial score (nSPS) is 21.9. The number of alkyl halides is 1. The Bertz CT molecular complexity index is 939. The Hall–Kier alpha value is -0.820. The number of nitrogens with one attached hydrogen (secondary N) is 1. The van der Waals surface area contributed by atoms with Gasteiger partial charge in [0.15, 0.2) is 0 Å². The number of primary amides is 1. The lowest BCUT2D eigenvalue weighted by Gasteiger charge is -2.39. The van der Waals surface area contributed by atoms with Gasteiger partial charge < -0.3 is 5.73 Å². The molecule has 142 valence electrons. The van der Waals surface area contributed by atoms with Gasteiger partial charge in [-0.25, -0.2) is 10.2 Å². The molecule has 3 N–H and O–H groups in total. The maximum Gasteiger partial charge on any atom is 0.332 e. The van der Waals surface area contributed by atoms with Crippen molar-refractivity contribution in [3.05, 3.63) is 61.5 Å². The number of nitrogens with two attached hydrogens (primary N) is 1. The van der Waals surface area contributed by atoms with Crippen molar-refractivity contribution in [3.63, 3.8) is 0 Å². The number of nitrogens with zero attached hydrogens (tertiary/aromatic N) is 1. The molecule has 3 rings (SSSR count). The number of hydrogen-bond acceptors (Lipinski definition) is 3.